The van der Waals surface area contributed by atoms with Crippen molar-refractivity contribution in [3.63, 3.8) is 0 Å². The largest absolute Gasteiger partial charge is 0.453 e. The molecule has 1 aromatic rings. The molecule has 0 saturated carbocycles. The van der Waals surface area contributed by atoms with Gasteiger partial charge in [0.2, 0.25) is 0 Å². The van der Waals surface area contributed by atoms with Crippen LogP contribution in [0.25, 0.3) is 0 Å². The second kappa shape index (κ2) is 7.41. The van der Waals surface area contributed by atoms with Crippen LogP contribution in [0, 0.1) is 0 Å². The first-order valence-corrected chi connectivity index (χ1v) is 8.58. The van der Waals surface area contributed by atoms with Crippen LogP contribution in [0.3, 0.4) is 0 Å². The number of nitrogens with one attached hydrogen (secondary N) is 1. The lowest BCUT2D eigenvalue weighted by Gasteiger charge is -2.37. The highest BCUT2D eigenvalue weighted by molar-refractivity contribution is 9.10. The number of piperidine rings is 1. The molecule has 0 unspecified atom stereocenters. The summed E-state index contributed by atoms with van der Waals surface area (Å²) in [4.78, 5) is 13.7. The molecular weight excluding hydrogens is 330 g/mol. The standard InChI is InChI=1S/C17H24BrNO2/c1-12-5-4-6-13(2)19(12)11-14(3)21-17(20)15-7-9-16(18)10-8-15/h7-10,12-14H,4-6,11H2,1-3H3/p+1/t12-,13-,14+/m0/s1. The van der Waals surface area contributed by atoms with Gasteiger partial charge in [-0.3, -0.25) is 0 Å². The highest BCUT2D eigenvalue weighted by atomic mass is 79.9. The number of ether oxygens (including phenoxy) is 1. The molecule has 1 N–H and O–H groups in total. The third-order valence-corrected chi connectivity index (χ3v) is 4.98. The van der Waals surface area contributed by atoms with E-state index in [1.54, 1.807) is 17.0 Å². The molecule has 0 bridgehead atoms. The quantitative estimate of drug-likeness (QED) is 0.842. The maximum absolute atomic E-state index is 12.1. The number of likely N-dealkylation sites (tertiary alicyclic amines) is 1. The van der Waals surface area contributed by atoms with Crippen molar-refractivity contribution < 1.29 is 14.4 Å². The van der Waals surface area contributed by atoms with Gasteiger partial charge in [0.05, 0.1) is 17.6 Å². The molecule has 21 heavy (non-hydrogen) atoms. The van der Waals surface area contributed by atoms with Crippen molar-refractivity contribution in [2.45, 2.75) is 58.2 Å². The van der Waals surface area contributed by atoms with Crippen molar-refractivity contribution in [2.75, 3.05) is 6.54 Å². The number of benzene rings is 1. The summed E-state index contributed by atoms with van der Waals surface area (Å²) >= 11 is 3.37. The summed E-state index contributed by atoms with van der Waals surface area (Å²) in [7, 11) is 0. The Kier molecular flexibility index (Phi) is 5.82. The minimum absolute atomic E-state index is 0.0563. The van der Waals surface area contributed by atoms with Crippen LogP contribution < -0.4 is 4.90 Å². The van der Waals surface area contributed by atoms with E-state index < -0.39 is 0 Å². The van der Waals surface area contributed by atoms with Crippen molar-refractivity contribution in [3.05, 3.63) is 34.3 Å². The second-order valence-corrected chi connectivity index (χ2v) is 7.15. The van der Waals surface area contributed by atoms with Gasteiger partial charge in [0, 0.05) is 4.47 Å². The molecule has 1 aromatic carbocycles. The highest BCUT2D eigenvalue weighted by Gasteiger charge is 2.30. The first kappa shape index (κ1) is 16.5. The molecule has 1 saturated heterocycles. The van der Waals surface area contributed by atoms with E-state index in [0.717, 1.165) is 11.0 Å². The topological polar surface area (TPSA) is 30.7 Å². The van der Waals surface area contributed by atoms with E-state index in [9.17, 15) is 4.79 Å². The molecule has 0 amide bonds. The Morgan fingerprint density at radius 3 is 2.43 bits per heavy atom. The zero-order chi connectivity index (χ0) is 15.4. The number of esters is 1. The summed E-state index contributed by atoms with van der Waals surface area (Å²) in [6.45, 7) is 7.49. The van der Waals surface area contributed by atoms with Gasteiger partial charge in [-0.15, -0.1) is 0 Å². The highest BCUT2D eigenvalue weighted by Crippen LogP contribution is 2.12. The number of carbonyl (C=O) groups excluding carboxylic acids is 1. The van der Waals surface area contributed by atoms with Crippen LogP contribution in [-0.4, -0.2) is 30.7 Å². The van der Waals surface area contributed by atoms with E-state index in [4.69, 9.17) is 4.74 Å². The summed E-state index contributed by atoms with van der Waals surface area (Å²) in [6, 6.07) is 8.61. The third-order valence-electron chi connectivity index (χ3n) is 4.45. The van der Waals surface area contributed by atoms with Gasteiger partial charge in [-0.25, -0.2) is 4.79 Å². The molecule has 1 aliphatic rings. The Labute approximate surface area is 135 Å². The van der Waals surface area contributed by atoms with E-state index in [1.807, 2.05) is 19.1 Å². The number of rotatable bonds is 4. The van der Waals surface area contributed by atoms with Crippen LogP contribution in [0.1, 0.15) is 50.4 Å². The minimum atomic E-state index is -0.230. The lowest BCUT2D eigenvalue weighted by molar-refractivity contribution is -0.953. The van der Waals surface area contributed by atoms with E-state index >= 15 is 0 Å². The van der Waals surface area contributed by atoms with Crippen LogP contribution in [-0.2, 0) is 4.74 Å². The summed E-state index contributed by atoms with van der Waals surface area (Å²) in [5.74, 6) is -0.230. The Balaban J connectivity index is 1.90. The summed E-state index contributed by atoms with van der Waals surface area (Å²) in [5, 5.41) is 0. The van der Waals surface area contributed by atoms with Crippen molar-refractivity contribution in [3.8, 4) is 0 Å². The first-order valence-electron chi connectivity index (χ1n) is 7.79. The molecular formula is C17H25BrNO2+. The van der Waals surface area contributed by atoms with Gasteiger partial charge in [-0.1, -0.05) is 15.9 Å². The molecule has 0 spiro atoms. The summed E-state index contributed by atoms with van der Waals surface area (Å²) in [5.41, 5.74) is 0.611. The Morgan fingerprint density at radius 1 is 1.29 bits per heavy atom. The van der Waals surface area contributed by atoms with Gasteiger partial charge in [0.15, 0.2) is 0 Å². The smallest absolute Gasteiger partial charge is 0.338 e. The minimum Gasteiger partial charge on any atom is -0.453 e. The van der Waals surface area contributed by atoms with Crippen LogP contribution in [0.5, 0.6) is 0 Å². The number of hydrogen-bond donors (Lipinski definition) is 1. The number of hydrogen-bond acceptors (Lipinski definition) is 2. The fourth-order valence-electron chi connectivity index (χ4n) is 3.20. The van der Waals surface area contributed by atoms with Crippen LogP contribution in [0.4, 0.5) is 0 Å². The van der Waals surface area contributed by atoms with E-state index in [2.05, 4.69) is 29.8 Å². The SMILES string of the molecule is C[C@H](C[NH+]1[C@@H](C)CCC[C@@H]1C)OC(=O)c1ccc(Br)cc1. The molecule has 0 aromatic heterocycles. The Bertz CT molecular complexity index is 464. The van der Waals surface area contributed by atoms with E-state index in [1.165, 1.54) is 19.3 Å². The van der Waals surface area contributed by atoms with Gasteiger partial charge in [0.25, 0.3) is 0 Å². The molecule has 3 nitrogen and oxygen atoms in total. The predicted molar refractivity (Wildman–Crippen MR) is 87.6 cm³/mol. The Morgan fingerprint density at radius 2 is 1.86 bits per heavy atom. The normalized spacial score (nSPS) is 24.6. The molecule has 0 aliphatic carbocycles. The predicted octanol–water partition coefficient (Wildman–Crippen LogP) is 2.84. The molecule has 3 atom stereocenters. The van der Waals surface area contributed by atoms with E-state index in [-0.39, 0.29) is 12.1 Å². The maximum Gasteiger partial charge on any atom is 0.338 e. The van der Waals surface area contributed by atoms with Gasteiger partial charge in [-0.05, 0) is 64.3 Å². The Hall–Kier alpha value is -0.870. The van der Waals surface area contributed by atoms with Crippen LogP contribution in [0.2, 0.25) is 0 Å². The number of quaternary nitrogens is 1. The first-order chi connectivity index (χ1) is 9.97. The molecule has 0 radical (unpaired) electrons. The zero-order valence-corrected chi connectivity index (χ0v) is 14.7. The van der Waals surface area contributed by atoms with Crippen molar-refractivity contribution in [1.82, 2.24) is 0 Å². The van der Waals surface area contributed by atoms with Crippen molar-refractivity contribution >= 4 is 21.9 Å². The van der Waals surface area contributed by atoms with Crippen LogP contribution >= 0.6 is 15.9 Å². The van der Waals surface area contributed by atoms with Gasteiger partial charge in [0.1, 0.15) is 12.6 Å². The molecule has 4 heteroatoms. The van der Waals surface area contributed by atoms with Crippen molar-refractivity contribution in [1.29, 1.82) is 0 Å². The fraction of sp³-hybridized carbons (Fsp3) is 0.588. The van der Waals surface area contributed by atoms with Gasteiger partial charge >= 0.3 is 5.97 Å². The second-order valence-electron chi connectivity index (χ2n) is 6.23. The number of carbonyl (C=O) groups is 1. The van der Waals surface area contributed by atoms with Crippen molar-refractivity contribution in [2.24, 2.45) is 0 Å². The lowest BCUT2D eigenvalue weighted by atomic mass is 9.97. The molecule has 2 rings (SSSR count). The monoisotopic (exact) mass is 354 g/mol. The average Bonchev–Trinajstić information content (AvgIpc) is 2.43. The fourth-order valence-corrected chi connectivity index (χ4v) is 3.46. The molecule has 1 heterocycles. The zero-order valence-electron chi connectivity index (χ0n) is 13.1. The average molecular weight is 355 g/mol. The molecule has 1 aliphatic heterocycles. The third kappa shape index (κ3) is 4.55. The lowest BCUT2D eigenvalue weighted by Crippen LogP contribution is -3.20. The van der Waals surface area contributed by atoms with E-state index in [0.29, 0.717) is 17.6 Å². The summed E-state index contributed by atoms with van der Waals surface area (Å²) < 4.78 is 6.57. The van der Waals surface area contributed by atoms with Gasteiger partial charge in [-0.2, -0.15) is 0 Å². The number of halogens is 1. The maximum atomic E-state index is 12.1. The summed E-state index contributed by atoms with van der Waals surface area (Å²) in [6.07, 6.45) is 3.80. The van der Waals surface area contributed by atoms with Gasteiger partial charge < -0.3 is 9.64 Å². The van der Waals surface area contributed by atoms with Crippen LogP contribution in [0.15, 0.2) is 28.7 Å². The molecule has 116 valence electrons. The molecule has 1 fully saturated rings.